The molecule has 0 bridgehead atoms. The Morgan fingerprint density at radius 3 is 2.69 bits per heavy atom. The summed E-state index contributed by atoms with van der Waals surface area (Å²) in [6.07, 6.45) is 1.27. The van der Waals surface area contributed by atoms with Crippen LogP contribution in [0.2, 0.25) is 0 Å². The Labute approximate surface area is 79.8 Å². The molecule has 0 aliphatic heterocycles. The number of hydrogen-bond donors (Lipinski definition) is 2. The van der Waals surface area contributed by atoms with Gasteiger partial charge in [0.05, 0.1) is 13.2 Å². The molecule has 78 valence electrons. The molecular formula is C9H20N2O2. The van der Waals surface area contributed by atoms with E-state index in [4.69, 9.17) is 10.5 Å². The predicted molar refractivity (Wildman–Crippen MR) is 52.4 cm³/mol. The maximum Gasteiger partial charge on any atom is 0.222 e. The molecule has 4 heteroatoms. The molecule has 4 nitrogen and oxygen atoms in total. The summed E-state index contributed by atoms with van der Waals surface area (Å²) in [5.41, 5.74) is 5.56. The first kappa shape index (κ1) is 12.4. The monoisotopic (exact) mass is 188 g/mol. The van der Waals surface area contributed by atoms with Gasteiger partial charge >= 0.3 is 0 Å². The first-order valence-electron chi connectivity index (χ1n) is 4.59. The molecule has 0 aromatic rings. The van der Waals surface area contributed by atoms with E-state index in [1.54, 1.807) is 7.05 Å². The van der Waals surface area contributed by atoms with Crippen molar-refractivity contribution >= 4 is 5.91 Å². The van der Waals surface area contributed by atoms with Gasteiger partial charge in [0.2, 0.25) is 5.91 Å². The lowest BCUT2D eigenvalue weighted by Gasteiger charge is -2.22. The van der Waals surface area contributed by atoms with Crippen molar-refractivity contribution in [2.45, 2.75) is 32.2 Å². The lowest BCUT2D eigenvalue weighted by Crippen LogP contribution is -2.40. The van der Waals surface area contributed by atoms with E-state index in [1.165, 1.54) is 0 Å². The van der Waals surface area contributed by atoms with Crippen LogP contribution in [0.4, 0.5) is 0 Å². The van der Waals surface area contributed by atoms with Crippen molar-refractivity contribution in [2.75, 3.05) is 20.3 Å². The highest BCUT2D eigenvalue weighted by molar-refractivity contribution is 5.75. The molecule has 0 saturated heterocycles. The SMILES string of the molecule is CCC(C)(N)COCCC(=O)NC. The Morgan fingerprint density at radius 2 is 2.23 bits per heavy atom. The van der Waals surface area contributed by atoms with E-state index in [1.807, 2.05) is 13.8 Å². The van der Waals surface area contributed by atoms with Gasteiger partial charge in [-0.05, 0) is 13.3 Å². The van der Waals surface area contributed by atoms with E-state index in [0.29, 0.717) is 19.6 Å². The van der Waals surface area contributed by atoms with Crippen LogP contribution in [0.1, 0.15) is 26.7 Å². The molecule has 0 rings (SSSR count). The summed E-state index contributed by atoms with van der Waals surface area (Å²) in [4.78, 5) is 10.8. The van der Waals surface area contributed by atoms with Gasteiger partial charge < -0.3 is 15.8 Å². The van der Waals surface area contributed by atoms with E-state index >= 15 is 0 Å². The molecule has 0 aromatic heterocycles. The van der Waals surface area contributed by atoms with Crippen LogP contribution in [0.25, 0.3) is 0 Å². The average Bonchev–Trinajstić information content (AvgIpc) is 2.12. The number of nitrogens with two attached hydrogens (primary N) is 1. The molecule has 0 heterocycles. The molecule has 1 amide bonds. The zero-order valence-electron chi connectivity index (χ0n) is 8.72. The van der Waals surface area contributed by atoms with E-state index < -0.39 is 0 Å². The fourth-order valence-corrected chi connectivity index (χ4v) is 0.697. The number of ether oxygens (including phenoxy) is 1. The van der Waals surface area contributed by atoms with Crippen molar-refractivity contribution in [3.63, 3.8) is 0 Å². The van der Waals surface area contributed by atoms with Gasteiger partial charge in [-0.1, -0.05) is 6.92 Å². The molecule has 1 unspecified atom stereocenters. The van der Waals surface area contributed by atoms with E-state index in [-0.39, 0.29) is 11.4 Å². The lowest BCUT2D eigenvalue weighted by molar-refractivity contribution is -0.121. The Balaban J connectivity index is 3.41. The van der Waals surface area contributed by atoms with Gasteiger partial charge in [-0.25, -0.2) is 0 Å². The first-order chi connectivity index (χ1) is 6.02. The smallest absolute Gasteiger partial charge is 0.222 e. The van der Waals surface area contributed by atoms with Crippen molar-refractivity contribution in [3.05, 3.63) is 0 Å². The molecule has 0 aliphatic carbocycles. The predicted octanol–water partition coefficient (Wildman–Crippen LogP) is 0.267. The van der Waals surface area contributed by atoms with Crippen molar-refractivity contribution in [3.8, 4) is 0 Å². The summed E-state index contributed by atoms with van der Waals surface area (Å²) in [5, 5.41) is 2.53. The Bertz CT molecular complexity index is 158. The van der Waals surface area contributed by atoms with Gasteiger partial charge in [0.25, 0.3) is 0 Å². The van der Waals surface area contributed by atoms with Crippen molar-refractivity contribution in [1.82, 2.24) is 5.32 Å². The van der Waals surface area contributed by atoms with Crippen LogP contribution < -0.4 is 11.1 Å². The van der Waals surface area contributed by atoms with Gasteiger partial charge in [0, 0.05) is 19.0 Å². The number of rotatable bonds is 6. The summed E-state index contributed by atoms with van der Waals surface area (Å²) >= 11 is 0. The number of carbonyl (C=O) groups is 1. The highest BCUT2D eigenvalue weighted by Gasteiger charge is 2.15. The second kappa shape index (κ2) is 5.94. The van der Waals surface area contributed by atoms with E-state index in [9.17, 15) is 4.79 Å². The highest BCUT2D eigenvalue weighted by atomic mass is 16.5. The summed E-state index contributed by atoms with van der Waals surface area (Å²) in [5.74, 6) is -0.00442. The third-order valence-electron chi connectivity index (χ3n) is 1.99. The van der Waals surface area contributed by atoms with Crippen LogP contribution in [0, 0.1) is 0 Å². The van der Waals surface area contributed by atoms with Gasteiger partial charge in [-0.2, -0.15) is 0 Å². The van der Waals surface area contributed by atoms with Crippen LogP contribution >= 0.6 is 0 Å². The number of hydrogen-bond acceptors (Lipinski definition) is 3. The van der Waals surface area contributed by atoms with Crippen LogP contribution in [-0.4, -0.2) is 31.7 Å². The first-order valence-corrected chi connectivity index (χ1v) is 4.59. The largest absolute Gasteiger partial charge is 0.379 e. The molecule has 1 atom stereocenters. The van der Waals surface area contributed by atoms with Crippen LogP contribution in [0.5, 0.6) is 0 Å². The summed E-state index contributed by atoms with van der Waals surface area (Å²) < 4.78 is 5.28. The minimum absolute atomic E-state index is 0.00442. The number of carbonyl (C=O) groups excluding carboxylic acids is 1. The molecule has 13 heavy (non-hydrogen) atoms. The molecule has 0 aromatic carbocycles. The minimum atomic E-state index is -0.275. The fraction of sp³-hybridized carbons (Fsp3) is 0.889. The number of nitrogens with one attached hydrogen (secondary N) is 1. The van der Waals surface area contributed by atoms with Crippen LogP contribution in [0.3, 0.4) is 0 Å². The van der Waals surface area contributed by atoms with Gasteiger partial charge in [0.15, 0.2) is 0 Å². The maximum absolute atomic E-state index is 10.8. The molecule has 0 spiro atoms. The quantitative estimate of drug-likeness (QED) is 0.588. The van der Waals surface area contributed by atoms with Gasteiger partial charge in [-0.15, -0.1) is 0 Å². The molecule has 3 N–H and O–H groups in total. The lowest BCUT2D eigenvalue weighted by atomic mass is 10.0. The fourth-order valence-electron chi connectivity index (χ4n) is 0.697. The topological polar surface area (TPSA) is 64.3 Å². The van der Waals surface area contributed by atoms with Gasteiger partial charge in [0.1, 0.15) is 0 Å². The third-order valence-corrected chi connectivity index (χ3v) is 1.99. The van der Waals surface area contributed by atoms with Crippen molar-refractivity contribution in [2.24, 2.45) is 5.73 Å². The molecular weight excluding hydrogens is 168 g/mol. The van der Waals surface area contributed by atoms with Gasteiger partial charge in [-0.3, -0.25) is 4.79 Å². The van der Waals surface area contributed by atoms with Crippen molar-refractivity contribution in [1.29, 1.82) is 0 Å². The summed E-state index contributed by atoms with van der Waals surface area (Å²) in [6, 6.07) is 0. The van der Waals surface area contributed by atoms with E-state index in [0.717, 1.165) is 6.42 Å². The van der Waals surface area contributed by atoms with Crippen LogP contribution in [-0.2, 0) is 9.53 Å². The Morgan fingerprint density at radius 1 is 1.62 bits per heavy atom. The zero-order chi connectivity index (χ0) is 10.3. The molecule has 0 radical (unpaired) electrons. The third kappa shape index (κ3) is 6.54. The average molecular weight is 188 g/mol. The normalized spacial score (nSPS) is 15.1. The van der Waals surface area contributed by atoms with Crippen molar-refractivity contribution < 1.29 is 9.53 Å². The Hall–Kier alpha value is -0.610. The summed E-state index contributed by atoms with van der Waals surface area (Å²) in [6.45, 7) is 4.89. The second-order valence-electron chi connectivity index (χ2n) is 3.48. The highest BCUT2D eigenvalue weighted by Crippen LogP contribution is 2.04. The standard InChI is InChI=1S/C9H20N2O2/c1-4-9(2,10)7-13-6-5-8(12)11-3/h4-7,10H2,1-3H3,(H,11,12). The second-order valence-corrected chi connectivity index (χ2v) is 3.48. The molecule has 0 aliphatic rings. The van der Waals surface area contributed by atoms with Crippen LogP contribution in [0.15, 0.2) is 0 Å². The van der Waals surface area contributed by atoms with E-state index in [2.05, 4.69) is 5.32 Å². The maximum atomic E-state index is 10.8. The Kier molecular flexibility index (Phi) is 5.66. The molecule has 0 saturated carbocycles. The summed E-state index contributed by atoms with van der Waals surface area (Å²) in [7, 11) is 1.61. The number of amides is 1. The minimum Gasteiger partial charge on any atom is -0.379 e. The zero-order valence-corrected chi connectivity index (χ0v) is 8.72. The molecule has 0 fully saturated rings.